The van der Waals surface area contributed by atoms with E-state index in [1.54, 1.807) is 19.9 Å². The molecular formula is C18H20BrNO4S2. The summed E-state index contributed by atoms with van der Waals surface area (Å²) in [5.74, 6) is -0.550. The zero-order chi connectivity index (χ0) is 19.6. The van der Waals surface area contributed by atoms with Crippen LogP contribution in [0.3, 0.4) is 0 Å². The first kappa shape index (κ1) is 20.9. The Morgan fingerprint density at radius 3 is 2.58 bits per heavy atom. The normalized spacial score (nSPS) is 12.2. The molecular weight excluding hydrogens is 438 g/mol. The first-order valence-corrected chi connectivity index (χ1v) is 10.3. The van der Waals surface area contributed by atoms with Gasteiger partial charge in [-0.3, -0.25) is 4.79 Å². The summed E-state index contributed by atoms with van der Waals surface area (Å²) in [4.78, 5) is 27.0. The van der Waals surface area contributed by atoms with Gasteiger partial charge in [-0.1, -0.05) is 24.0 Å². The number of hydrogen-bond acceptors (Lipinski definition) is 6. The second-order valence-corrected chi connectivity index (χ2v) is 8.50. The number of thiocarbonyl (C=S) groups is 1. The summed E-state index contributed by atoms with van der Waals surface area (Å²) in [6.45, 7) is 8.98. The van der Waals surface area contributed by atoms with Crippen LogP contribution in [0, 0.1) is 6.92 Å². The van der Waals surface area contributed by atoms with Crippen LogP contribution in [-0.4, -0.2) is 38.4 Å². The summed E-state index contributed by atoms with van der Waals surface area (Å²) in [6, 6.07) is 3.07. The standard InChI is InChI=1S/C18H20BrNO4S2/c1-5-20(6-2)18(25)26-10(4)15(22)13-12(21)8-7-11-9(3)14(19)17(23)24-16(11)13/h7-8,10,21H,5-6H2,1-4H3. The van der Waals surface area contributed by atoms with Crippen LogP contribution < -0.4 is 5.63 Å². The highest BCUT2D eigenvalue weighted by molar-refractivity contribution is 9.10. The van der Waals surface area contributed by atoms with Crippen LogP contribution in [0.2, 0.25) is 0 Å². The van der Waals surface area contributed by atoms with Crippen molar-refractivity contribution < 1.29 is 14.3 Å². The van der Waals surface area contributed by atoms with Gasteiger partial charge in [-0.2, -0.15) is 0 Å². The molecule has 1 aromatic carbocycles. The highest BCUT2D eigenvalue weighted by Gasteiger charge is 2.26. The van der Waals surface area contributed by atoms with Crippen LogP contribution in [0.1, 0.15) is 36.7 Å². The third-order valence-electron chi connectivity index (χ3n) is 4.16. The molecule has 0 aliphatic rings. The van der Waals surface area contributed by atoms with Crippen LogP contribution in [0.5, 0.6) is 5.75 Å². The molecule has 8 heteroatoms. The second-order valence-electron chi connectivity index (χ2n) is 5.73. The zero-order valence-corrected chi connectivity index (χ0v) is 18.2. The molecule has 0 radical (unpaired) electrons. The number of aryl methyl sites for hydroxylation is 1. The lowest BCUT2D eigenvalue weighted by Gasteiger charge is -2.23. The molecule has 0 saturated heterocycles. The first-order chi connectivity index (χ1) is 12.2. The Kier molecular flexibility index (Phi) is 6.87. The molecule has 0 fully saturated rings. The van der Waals surface area contributed by atoms with Crippen molar-refractivity contribution in [3.63, 3.8) is 0 Å². The summed E-state index contributed by atoms with van der Waals surface area (Å²) < 4.78 is 6.24. The highest BCUT2D eigenvalue weighted by atomic mass is 79.9. The average Bonchev–Trinajstić information content (AvgIpc) is 2.60. The van der Waals surface area contributed by atoms with Gasteiger partial charge in [-0.05, 0) is 61.3 Å². The Morgan fingerprint density at radius 2 is 2.00 bits per heavy atom. The van der Waals surface area contributed by atoms with Gasteiger partial charge in [0.25, 0.3) is 0 Å². The molecule has 0 saturated carbocycles. The van der Waals surface area contributed by atoms with Gasteiger partial charge in [0.1, 0.15) is 20.1 Å². The largest absolute Gasteiger partial charge is 0.507 e. The highest BCUT2D eigenvalue weighted by Crippen LogP contribution is 2.33. The van der Waals surface area contributed by atoms with E-state index >= 15 is 0 Å². The van der Waals surface area contributed by atoms with Gasteiger partial charge in [0.15, 0.2) is 11.4 Å². The maximum Gasteiger partial charge on any atom is 0.350 e. The Bertz CT molecular complexity index is 922. The fourth-order valence-electron chi connectivity index (χ4n) is 2.58. The number of phenolic OH excluding ortho intramolecular Hbond substituents is 1. The van der Waals surface area contributed by atoms with Crippen molar-refractivity contribution >= 4 is 61.0 Å². The lowest BCUT2D eigenvalue weighted by atomic mass is 10.0. The summed E-state index contributed by atoms with van der Waals surface area (Å²) >= 11 is 9.85. The van der Waals surface area contributed by atoms with Crippen molar-refractivity contribution in [3.8, 4) is 5.75 Å². The Balaban J connectivity index is 2.49. The lowest BCUT2D eigenvalue weighted by Crippen LogP contribution is -2.29. The third-order valence-corrected chi connectivity index (χ3v) is 6.65. The molecule has 0 bridgehead atoms. The van der Waals surface area contributed by atoms with Crippen molar-refractivity contribution in [2.75, 3.05) is 13.1 Å². The van der Waals surface area contributed by atoms with E-state index in [0.717, 1.165) is 13.1 Å². The number of thioether (sulfide) groups is 1. The monoisotopic (exact) mass is 457 g/mol. The van der Waals surface area contributed by atoms with E-state index in [-0.39, 0.29) is 22.7 Å². The minimum absolute atomic E-state index is 0.0116. The summed E-state index contributed by atoms with van der Waals surface area (Å²) in [7, 11) is 0. The van der Waals surface area contributed by atoms with Crippen molar-refractivity contribution in [2.45, 2.75) is 32.9 Å². The molecule has 1 N–H and O–H groups in total. The van der Waals surface area contributed by atoms with Crippen LogP contribution in [0.4, 0.5) is 0 Å². The van der Waals surface area contributed by atoms with Gasteiger partial charge in [-0.25, -0.2) is 4.79 Å². The van der Waals surface area contributed by atoms with Crippen LogP contribution in [0.25, 0.3) is 11.0 Å². The SMILES string of the molecule is CCN(CC)C(=S)SC(C)C(=O)c1c(O)ccc2c(C)c(Br)c(=O)oc12. The van der Waals surface area contributed by atoms with Gasteiger partial charge < -0.3 is 14.4 Å². The van der Waals surface area contributed by atoms with Crippen molar-refractivity contribution in [1.29, 1.82) is 0 Å². The van der Waals surface area contributed by atoms with Gasteiger partial charge >= 0.3 is 5.63 Å². The smallest absolute Gasteiger partial charge is 0.350 e. The molecule has 1 heterocycles. The maximum absolute atomic E-state index is 13.0. The first-order valence-electron chi connectivity index (χ1n) is 8.17. The van der Waals surface area contributed by atoms with E-state index in [1.807, 2.05) is 18.7 Å². The van der Waals surface area contributed by atoms with Crippen molar-refractivity contribution in [1.82, 2.24) is 4.90 Å². The number of carbonyl (C=O) groups is 1. The minimum atomic E-state index is -0.589. The molecule has 5 nitrogen and oxygen atoms in total. The predicted octanol–water partition coefficient (Wildman–Crippen LogP) is 4.50. The molecule has 1 unspecified atom stereocenters. The lowest BCUT2D eigenvalue weighted by molar-refractivity contribution is 0.0992. The van der Waals surface area contributed by atoms with Gasteiger partial charge in [0.2, 0.25) is 0 Å². The molecule has 26 heavy (non-hydrogen) atoms. The zero-order valence-electron chi connectivity index (χ0n) is 15.0. The van der Waals surface area contributed by atoms with Gasteiger partial charge in [0.05, 0.1) is 5.25 Å². The molecule has 1 aromatic heterocycles. The van der Waals surface area contributed by atoms with Crippen LogP contribution in [-0.2, 0) is 0 Å². The fourth-order valence-corrected chi connectivity index (χ4v) is 4.51. The fraction of sp³-hybridized carbons (Fsp3) is 0.389. The van der Waals surface area contributed by atoms with E-state index in [9.17, 15) is 14.7 Å². The molecule has 0 amide bonds. The third kappa shape index (κ3) is 3.97. The van der Waals surface area contributed by atoms with Crippen LogP contribution in [0.15, 0.2) is 25.8 Å². The average molecular weight is 458 g/mol. The number of ketones is 1. The maximum atomic E-state index is 13.0. The number of phenols is 1. The summed E-state index contributed by atoms with van der Waals surface area (Å²) in [5.41, 5.74) is 0.178. The molecule has 0 spiro atoms. The molecule has 0 aliphatic carbocycles. The van der Waals surface area contributed by atoms with Crippen LogP contribution >= 0.6 is 39.9 Å². The van der Waals surface area contributed by atoms with E-state index in [1.165, 1.54) is 17.8 Å². The molecule has 2 aromatic rings. The van der Waals surface area contributed by atoms with Crippen molar-refractivity contribution in [2.24, 2.45) is 0 Å². The number of fused-ring (bicyclic) bond motifs is 1. The Hall–Kier alpha value is -1.38. The topological polar surface area (TPSA) is 70.8 Å². The van der Waals surface area contributed by atoms with Crippen molar-refractivity contribution in [3.05, 3.63) is 38.2 Å². The number of aromatic hydroxyl groups is 1. The molecule has 1 atom stereocenters. The Labute approximate surface area is 169 Å². The van der Waals surface area contributed by atoms with E-state index in [0.29, 0.717) is 19.7 Å². The van der Waals surface area contributed by atoms with Gasteiger partial charge in [0, 0.05) is 18.5 Å². The summed E-state index contributed by atoms with van der Waals surface area (Å²) in [6.07, 6.45) is 0. The quantitative estimate of drug-likeness (QED) is 0.402. The number of nitrogens with zero attached hydrogens (tertiary/aromatic N) is 1. The summed E-state index contributed by atoms with van der Waals surface area (Å²) in [5, 5.41) is 10.3. The van der Waals surface area contributed by atoms with E-state index in [2.05, 4.69) is 15.9 Å². The van der Waals surface area contributed by atoms with E-state index in [4.69, 9.17) is 16.6 Å². The number of Topliss-reactive ketones (excluding diaryl/α,β-unsaturated/α-hetero) is 1. The predicted molar refractivity (Wildman–Crippen MR) is 113 cm³/mol. The minimum Gasteiger partial charge on any atom is -0.507 e. The van der Waals surface area contributed by atoms with E-state index < -0.39 is 10.9 Å². The number of carbonyl (C=O) groups excluding carboxylic acids is 1. The number of benzene rings is 1. The second kappa shape index (κ2) is 8.54. The number of halogens is 1. The number of hydrogen-bond donors (Lipinski definition) is 1. The van der Waals surface area contributed by atoms with Gasteiger partial charge in [-0.15, -0.1) is 0 Å². The number of rotatable bonds is 5. The Morgan fingerprint density at radius 1 is 1.38 bits per heavy atom. The molecule has 2 rings (SSSR count). The molecule has 140 valence electrons. The molecule has 0 aliphatic heterocycles.